The van der Waals surface area contributed by atoms with Gasteiger partial charge >= 0.3 is 5.97 Å². The van der Waals surface area contributed by atoms with Crippen LogP contribution >= 0.6 is 11.3 Å². The summed E-state index contributed by atoms with van der Waals surface area (Å²) >= 11 is 1.57. The SMILES string of the molecule is CCCCN(CC(=O)O)c1ccsc1CCO. The van der Waals surface area contributed by atoms with E-state index in [0.717, 1.165) is 30.0 Å². The third-order valence-electron chi connectivity index (χ3n) is 2.51. The van der Waals surface area contributed by atoms with E-state index in [0.29, 0.717) is 6.42 Å². The Kier molecular flexibility index (Phi) is 6.00. The molecule has 2 N–H and O–H groups in total. The summed E-state index contributed by atoms with van der Waals surface area (Å²) in [6.07, 6.45) is 2.60. The average molecular weight is 257 g/mol. The van der Waals surface area contributed by atoms with Gasteiger partial charge in [-0.05, 0) is 17.9 Å². The summed E-state index contributed by atoms with van der Waals surface area (Å²) in [4.78, 5) is 13.8. The topological polar surface area (TPSA) is 60.8 Å². The fourth-order valence-electron chi connectivity index (χ4n) is 1.70. The average Bonchev–Trinajstić information content (AvgIpc) is 2.72. The Morgan fingerprint density at radius 2 is 2.29 bits per heavy atom. The number of carbonyl (C=O) groups is 1. The first-order valence-corrected chi connectivity index (χ1v) is 6.71. The van der Waals surface area contributed by atoms with Crippen molar-refractivity contribution in [2.45, 2.75) is 26.2 Å². The molecule has 1 heterocycles. The van der Waals surface area contributed by atoms with Gasteiger partial charge in [0.2, 0.25) is 0 Å². The number of carboxylic acid groups (broad SMARTS) is 1. The maximum Gasteiger partial charge on any atom is 0.323 e. The van der Waals surface area contributed by atoms with Crippen LogP contribution in [0.15, 0.2) is 11.4 Å². The number of aliphatic hydroxyl groups excluding tert-OH is 1. The van der Waals surface area contributed by atoms with Gasteiger partial charge in [-0.25, -0.2) is 0 Å². The lowest BCUT2D eigenvalue weighted by atomic mass is 10.2. The normalized spacial score (nSPS) is 10.5. The molecule has 0 aromatic carbocycles. The summed E-state index contributed by atoms with van der Waals surface area (Å²) in [5.41, 5.74) is 0.958. The molecule has 0 aliphatic carbocycles. The quantitative estimate of drug-likeness (QED) is 0.747. The van der Waals surface area contributed by atoms with Gasteiger partial charge in [0.25, 0.3) is 0 Å². The maximum absolute atomic E-state index is 10.8. The summed E-state index contributed by atoms with van der Waals surface area (Å²) in [5.74, 6) is -0.817. The van der Waals surface area contributed by atoms with Crippen molar-refractivity contribution in [3.05, 3.63) is 16.3 Å². The zero-order valence-corrected chi connectivity index (χ0v) is 10.9. The van der Waals surface area contributed by atoms with Crippen molar-refractivity contribution in [1.82, 2.24) is 0 Å². The first kappa shape index (κ1) is 14.0. The number of rotatable bonds is 8. The zero-order chi connectivity index (χ0) is 12.7. The van der Waals surface area contributed by atoms with Crippen molar-refractivity contribution in [2.75, 3.05) is 24.6 Å². The summed E-state index contributed by atoms with van der Waals surface area (Å²) in [6, 6.07) is 1.94. The van der Waals surface area contributed by atoms with Crippen molar-refractivity contribution in [3.63, 3.8) is 0 Å². The molecule has 0 saturated carbocycles. The third-order valence-corrected chi connectivity index (χ3v) is 3.48. The van der Waals surface area contributed by atoms with Gasteiger partial charge in [0.15, 0.2) is 0 Å². The largest absolute Gasteiger partial charge is 0.480 e. The number of hydrogen-bond acceptors (Lipinski definition) is 4. The van der Waals surface area contributed by atoms with Crippen LogP contribution in [0.2, 0.25) is 0 Å². The van der Waals surface area contributed by atoms with E-state index >= 15 is 0 Å². The van der Waals surface area contributed by atoms with Gasteiger partial charge in [0.1, 0.15) is 6.54 Å². The Balaban J connectivity index is 2.78. The Bertz CT molecular complexity index is 351. The Hall–Kier alpha value is -1.07. The molecule has 0 saturated heterocycles. The number of aliphatic carboxylic acids is 1. The molecule has 0 bridgehead atoms. The van der Waals surface area contributed by atoms with E-state index in [1.54, 1.807) is 11.3 Å². The highest BCUT2D eigenvalue weighted by Crippen LogP contribution is 2.27. The maximum atomic E-state index is 10.8. The molecule has 0 spiro atoms. The molecule has 17 heavy (non-hydrogen) atoms. The molecule has 0 amide bonds. The number of nitrogens with zero attached hydrogens (tertiary/aromatic N) is 1. The van der Waals surface area contributed by atoms with Gasteiger partial charge < -0.3 is 15.1 Å². The smallest absolute Gasteiger partial charge is 0.323 e. The van der Waals surface area contributed by atoms with Gasteiger partial charge in [0, 0.05) is 24.4 Å². The van der Waals surface area contributed by atoms with Gasteiger partial charge in [-0.3, -0.25) is 4.79 Å². The zero-order valence-electron chi connectivity index (χ0n) is 10.1. The molecule has 0 fully saturated rings. The van der Waals surface area contributed by atoms with E-state index in [4.69, 9.17) is 10.2 Å². The minimum Gasteiger partial charge on any atom is -0.480 e. The second kappa shape index (κ2) is 7.29. The Morgan fingerprint density at radius 3 is 2.88 bits per heavy atom. The van der Waals surface area contributed by atoms with Crippen LogP contribution in [0.4, 0.5) is 5.69 Å². The Morgan fingerprint density at radius 1 is 1.53 bits per heavy atom. The molecule has 4 nitrogen and oxygen atoms in total. The van der Waals surface area contributed by atoms with Crippen LogP contribution in [0, 0.1) is 0 Å². The van der Waals surface area contributed by atoms with Gasteiger partial charge in [-0.1, -0.05) is 13.3 Å². The van der Waals surface area contributed by atoms with Crippen LogP contribution in [0.1, 0.15) is 24.6 Å². The first-order chi connectivity index (χ1) is 8.19. The number of hydrogen-bond donors (Lipinski definition) is 2. The molecule has 0 radical (unpaired) electrons. The summed E-state index contributed by atoms with van der Waals surface area (Å²) in [5, 5.41) is 19.8. The van der Waals surface area contributed by atoms with E-state index < -0.39 is 5.97 Å². The van der Waals surface area contributed by atoms with Crippen LogP contribution in [0.5, 0.6) is 0 Å². The van der Waals surface area contributed by atoms with E-state index in [-0.39, 0.29) is 13.2 Å². The van der Waals surface area contributed by atoms with Crippen molar-refractivity contribution in [3.8, 4) is 0 Å². The lowest BCUT2D eigenvalue weighted by Gasteiger charge is -2.22. The van der Waals surface area contributed by atoms with Crippen LogP contribution in [0.25, 0.3) is 0 Å². The van der Waals surface area contributed by atoms with Crippen molar-refractivity contribution < 1.29 is 15.0 Å². The Labute approximate surface area is 106 Å². The fraction of sp³-hybridized carbons (Fsp3) is 0.583. The predicted molar refractivity (Wildman–Crippen MR) is 69.9 cm³/mol. The molecule has 0 atom stereocenters. The lowest BCUT2D eigenvalue weighted by Crippen LogP contribution is -2.31. The van der Waals surface area contributed by atoms with Gasteiger partial charge in [0.05, 0.1) is 5.69 Å². The summed E-state index contributed by atoms with van der Waals surface area (Å²) in [7, 11) is 0. The second-order valence-corrected chi connectivity index (χ2v) is 4.87. The standard InChI is InChI=1S/C12H19NO3S/c1-2-3-6-13(9-12(15)16)10-5-8-17-11(10)4-7-14/h5,8,14H,2-4,6-7,9H2,1H3,(H,15,16). The number of unbranched alkanes of at least 4 members (excludes halogenated alkanes) is 1. The third kappa shape index (κ3) is 4.36. The second-order valence-electron chi connectivity index (χ2n) is 3.87. The molecule has 96 valence electrons. The molecule has 5 heteroatoms. The fourth-order valence-corrected chi connectivity index (χ4v) is 2.59. The van der Waals surface area contributed by atoms with E-state index in [1.165, 1.54) is 0 Å². The molecular formula is C12H19NO3S. The predicted octanol–water partition coefficient (Wildman–Crippen LogP) is 1.97. The summed E-state index contributed by atoms with van der Waals surface area (Å²) < 4.78 is 0. The van der Waals surface area contributed by atoms with Crippen LogP contribution in [-0.4, -0.2) is 35.9 Å². The molecule has 1 aromatic heterocycles. The van der Waals surface area contributed by atoms with Crippen molar-refractivity contribution in [2.24, 2.45) is 0 Å². The van der Waals surface area contributed by atoms with Crippen LogP contribution in [-0.2, 0) is 11.2 Å². The van der Waals surface area contributed by atoms with Crippen molar-refractivity contribution in [1.29, 1.82) is 0 Å². The number of aliphatic hydroxyl groups is 1. The molecule has 1 aromatic rings. The van der Waals surface area contributed by atoms with Gasteiger partial charge in [-0.2, -0.15) is 0 Å². The molecule has 0 aliphatic rings. The molecule has 0 aliphatic heterocycles. The first-order valence-electron chi connectivity index (χ1n) is 5.83. The van der Waals surface area contributed by atoms with Crippen molar-refractivity contribution >= 4 is 23.0 Å². The van der Waals surface area contributed by atoms with Crippen LogP contribution in [0.3, 0.4) is 0 Å². The van der Waals surface area contributed by atoms with E-state index in [1.807, 2.05) is 16.3 Å². The van der Waals surface area contributed by atoms with Crippen LogP contribution < -0.4 is 4.90 Å². The molecule has 0 unspecified atom stereocenters. The van der Waals surface area contributed by atoms with Gasteiger partial charge in [-0.15, -0.1) is 11.3 Å². The minimum atomic E-state index is -0.817. The minimum absolute atomic E-state index is 0.0230. The molecular weight excluding hydrogens is 238 g/mol. The highest BCUT2D eigenvalue weighted by atomic mass is 32.1. The number of anilines is 1. The molecule has 1 rings (SSSR count). The van der Waals surface area contributed by atoms with E-state index in [9.17, 15) is 4.79 Å². The highest BCUT2D eigenvalue weighted by molar-refractivity contribution is 7.10. The monoisotopic (exact) mass is 257 g/mol. The summed E-state index contributed by atoms with van der Waals surface area (Å²) in [6.45, 7) is 2.95. The number of carboxylic acids is 1. The number of thiophene rings is 1. The van der Waals surface area contributed by atoms with E-state index in [2.05, 4.69) is 6.92 Å². The highest BCUT2D eigenvalue weighted by Gasteiger charge is 2.14. The lowest BCUT2D eigenvalue weighted by molar-refractivity contribution is -0.135.